The first-order valence-electron chi connectivity index (χ1n) is 7.35. The molecule has 0 saturated heterocycles. The summed E-state index contributed by atoms with van der Waals surface area (Å²) in [6.07, 6.45) is 2.12. The van der Waals surface area contributed by atoms with Crippen molar-refractivity contribution in [2.45, 2.75) is 18.7 Å². The third-order valence-electron chi connectivity index (χ3n) is 3.13. The van der Waals surface area contributed by atoms with Gasteiger partial charge in [0.15, 0.2) is 0 Å². The standard InChI is InChI=1S/C9H12O3S.C8H8NS2/c1-3-12-13(10,11)9-6-4-8(2)5-7-9;1-10-11-6-9-7-4-2-3-5-8(7)11/h4-7H,3H2,1-2H3;2-6H,1H3/q;+1. The fraction of sp³-hybridized carbons (Fsp3) is 0.235. The van der Waals surface area contributed by atoms with Crippen molar-refractivity contribution in [2.24, 2.45) is 0 Å². The van der Waals surface area contributed by atoms with Crippen molar-refractivity contribution in [3.63, 3.8) is 0 Å². The van der Waals surface area contributed by atoms with Gasteiger partial charge in [-0.1, -0.05) is 29.8 Å². The summed E-state index contributed by atoms with van der Waals surface area (Å²) in [5.74, 6) is 0. The van der Waals surface area contributed by atoms with Crippen molar-refractivity contribution < 1.29 is 12.6 Å². The zero-order chi connectivity index (χ0) is 17.6. The molecule has 0 fully saturated rings. The summed E-state index contributed by atoms with van der Waals surface area (Å²) in [5, 5.41) is 0. The van der Waals surface area contributed by atoms with Crippen LogP contribution in [-0.4, -0.2) is 26.3 Å². The normalized spacial score (nSPS) is 11.9. The number of thiazole rings is 1. The molecule has 0 N–H and O–H groups in total. The Morgan fingerprint density at radius 3 is 2.42 bits per heavy atom. The second-order valence-electron chi connectivity index (χ2n) is 4.84. The number of aromatic nitrogens is 1. The van der Waals surface area contributed by atoms with Crippen LogP contribution in [0.3, 0.4) is 0 Å². The minimum absolute atomic E-state index is 0.163. The summed E-state index contributed by atoms with van der Waals surface area (Å²) in [4.78, 5) is 4.53. The lowest BCUT2D eigenvalue weighted by molar-refractivity contribution is 0.338. The molecule has 0 aliphatic rings. The van der Waals surface area contributed by atoms with Crippen molar-refractivity contribution in [1.29, 1.82) is 0 Å². The molecule has 0 radical (unpaired) electrons. The highest BCUT2D eigenvalue weighted by Gasteiger charge is 2.13. The van der Waals surface area contributed by atoms with E-state index in [1.807, 2.05) is 29.3 Å². The topological polar surface area (TPSA) is 56.3 Å². The molecule has 1 heterocycles. The zero-order valence-corrected chi connectivity index (χ0v) is 16.2. The Morgan fingerprint density at radius 1 is 1.12 bits per heavy atom. The van der Waals surface area contributed by atoms with Crippen molar-refractivity contribution in [3.05, 3.63) is 59.6 Å². The van der Waals surface area contributed by atoms with Gasteiger partial charge in [-0.2, -0.15) is 13.4 Å². The number of fused-ring (bicyclic) bond motifs is 1. The van der Waals surface area contributed by atoms with Crippen LogP contribution in [0.1, 0.15) is 12.5 Å². The van der Waals surface area contributed by atoms with Crippen molar-refractivity contribution in [2.75, 3.05) is 12.9 Å². The summed E-state index contributed by atoms with van der Waals surface area (Å²) < 4.78 is 28.6. The first-order valence-corrected chi connectivity index (χ1v) is 11.8. The smallest absolute Gasteiger partial charge is 0.267 e. The van der Waals surface area contributed by atoms with Gasteiger partial charge in [0.25, 0.3) is 10.1 Å². The summed E-state index contributed by atoms with van der Waals surface area (Å²) in [5.41, 5.74) is 4.20. The average Bonchev–Trinajstić information content (AvgIpc) is 2.99. The summed E-state index contributed by atoms with van der Waals surface area (Å²) >= 11 is 0. The van der Waals surface area contributed by atoms with Crippen molar-refractivity contribution in [1.82, 2.24) is 4.98 Å². The van der Waals surface area contributed by atoms with Crippen LogP contribution in [0.5, 0.6) is 0 Å². The van der Waals surface area contributed by atoms with E-state index in [0.717, 1.165) is 11.1 Å². The van der Waals surface area contributed by atoms with Gasteiger partial charge in [0.05, 0.1) is 21.0 Å². The quantitative estimate of drug-likeness (QED) is 0.367. The number of hydrogen-bond donors (Lipinski definition) is 0. The van der Waals surface area contributed by atoms with Crippen LogP contribution in [0.4, 0.5) is 0 Å². The molecule has 0 aliphatic carbocycles. The predicted molar refractivity (Wildman–Crippen MR) is 103 cm³/mol. The number of rotatable bonds is 4. The van der Waals surface area contributed by atoms with E-state index in [4.69, 9.17) is 0 Å². The molecular weight excluding hydrogens is 362 g/mol. The summed E-state index contributed by atoms with van der Waals surface area (Å²) in [7, 11) is -1.46. The van der Waals surface area contributed by atoms with Gasteiger partial charge in [-0.05, 0) is 32.0 Å². The lowest BCUT2D eigenvalue weighted by Crippen LogP contribution is -2.05. The highest BCUT2D eigenvalue weighted by Crippen LogP contribution is 2.37. The maximum atomic E-state index is 11.3. The van der Waals surface area contributed by atoms with Crippen molar-refractivity contribution in [3.8, 4) is 0 Å². The largest absolute Gasteiger partial charge is 0.296 e. The number of nitrogens with zero attached hydrogens (tertiary/aromatic N) is 1. The van der Waals surface area contributed by atoms with Crippen molar-refractivity contribution >= 4 is 40.6 Å². The number of aryl methyl sites for hydroxylation is 1. The fourth-order valence-corrected chi connectivity index (χ4v) is 5.35. The molecule has 1 aromatic heterocycles. The predicted octanol–water partition coefficient (Wildman–Crippen LogP) is 4.83. The van der Waals surface area contributed by atoms with Crippen LogP contribution in [0.25, 0.3) is 10.2 Å². The van der Waals surface area contributed by atoms with Crippen LogP contribution >= 0.6 is 20.3 Å². The maximum absolute atomic E-state index is 11.3. The maximum Gasteiger partial charge on any atom is 0.296 e. The molecule has 128 valence electrons. The molecule has 0 bridgehead atoms. The first-order chi connectivity index (χ1) is 11.5. The Morgan fingerprint density at radius 2 is 1.79 bits per heavy atom. The molecule has 4 nitrogen and oxygen atoms in total. The molecule has 0 aliphatic heterocycles. The van der Waals surface area contributed by atoms with E-state index in [1.165, 1.54) is 4.70 Å². The molecule has 24 heavy (non-hydrogen) atoms. The lowest BCUT2D eigenvalue weighted by Gasteiger charge is -2.02. The monoisotopic (exact) mass is 382 g/mol. The number of hydrogen-bond acceptors (Lipinski definition) is 5. The highest BCUT2D eigenvalue weighted by atomic mass is 33.1. The van der Waals surface area contributed by atoms with E-state index >= 15 is 0 Å². The van der Waals surface area contributed by atoms with E-state index in [-0.39, 0.29) is 21.0 Å². The Labute approximate surface area is 149 Å². The third-order valence-corrected chi connectivity index (χ3v) is 7.84. The van der Waals surface area contributed by atoms with Gasteiger partial charge in [-0.3, -0.25) is 4.18 Å². The second-order valence-corrected chi connectivity index (χ2v) is 10.1. The Hall–Kier alpha value is -1.41. The average molecular weight is 383 g/mol. The van der Waals surface area contributed by atoms with Gasteiger partial charge in [-0.15, -0.1) is 0 Å². The van der Waals surface area contributed by atoms with E-state index in [0.29, 0.717) is 0 Å². The summed E-state index contributed by atoms with van der Waals surface area (Å²) in [6.45, 7) is 3.71. The van der Waals surface area contributed by atoms with Gasteiger partial charge in [0.2, 0.25) is 10.2 Å². The van der Waals surface area contributed by atoms with E-state index < -0.39 is 10.1 Å². The third kappa shape index (κ3) is 4.80. The molecule has 7 heteroatoms. The van der Waals surface area contributed by atoms with Crippen LogP contribution in [0.2, 0.25) is 0 Å². The highest BCUT2D eigenvalue weighted by molar-refractivity contribution is 8.46. The van der Waals surface area contributed by atoms with E-state index in [2.05, 4.69) is 33.6 Å². The number of para-hydroxylation sites is 1. The molecule has 2 aromatic carbocycles. The molecule has 3 aromatic rings. The SMILES string of the molecule is CCOS(=O)(=O)c1ccc(C)cc1.CS[s+]1cnc2ccccc21. The van der Waals surface area contributed by atoms with Crippen LogP contribution in [-0.2, 0) is 14.3 Å². The molecular formula is C17H20NO3S3+. The van der Waals surface area contributed by atoms with E-state index in [9.17, 15) is 8.42 Å². The van der Waals surface area contributed by atoms with Crippen LogP contribution < -0.4 is 0 Å². The van der Waals surface area contributed by atoms with Crippen LogP contribution in [0, 0.1) is 6.92 Å². The Balaban J connectivity index is 0.000000175. The Kier molecular flexibility index (Phi) is 6.79. The lowest BCUT2D eigenvalue weighted by atomic mass is 10.2. The minimum Gasteiger partial charge on any atom is -0.267 e. The molecule has 0 saturated carbocycles. The number of benzene rings is 2. The van der Waals surface area contributed by atoms with Gasteiger partial charge >= 0.3 is 0 Å². The van der Waals surface area contributed by atoms with Gasteiger partial charge < -0.3 is 0 Å². The van der Waals surface area contributed by atoms with Crippen LogP contribution in [0.15, 0.2) is 58.9 Å². The molecule has 0 spiro atoms. The van der Waals surface area contributed by atoms with E-state index in [1.54, 1.807) is 31.2 Å². The fourth-order valence-electron chi connectivity index (χ4n) is 1.96. The zero-order valence-electron chi connectivity index (χ0n) is 13.8. The molecule has 0 amide bonds. The van der Waals surface area contributed by atoms with Gasteiger partial charge in [0, 0.05) is 12.3 Å². The van der Waals surface area contributed by atoms with Gasteiger partial charge in [0.1, 0.15) is 16.3 Å². The van der Waals surface area contributed by atoms with Gasteiger partial charge in [-0.25, -0.2) is 0 Å². The molecule has 1 atom stereocenters. The molecule has 3 rings (SSSR count). The summed E-state index contributed by atoms with van der Waals surface area (Å²) in [6, 6.07) is 14.9. The Bertz CT molecular complexity index is 887. The molecule has 1 unspecified atom stereocenters. The second kappa shape index (κ2) is 8.62. The minimum atomic E-state index is -3.53. The first kappa shape index (κ1) is 18.9.